The molecule has 0 unspecified atom stereocenters. The fraction of sp³-hybridized carbons (Fsp3) is 0.462. The van der Waals surface area contributed by atoms with Crippen molar-refractivity contribution in [1.29, 1.82) is 0 Å². The van der Waals surface area contributed by atoms with E-state index in [1.165, 1.54) is 6.07 Å². The van der Waals surface area contributed by atoms with Gasteiger partial charge in [0.15, 0.2) is 0 Å². The number of rotatable bonds is 8. The molecule has 0 atom stereocenters. The van der Waals surface area contributed by atoms with Crippen LogP contribution in [-0.4, -0.2) is 31.0 Å². The number of benzene rings is 1. The fourth-order valence-electron chi connectivity index (χ4n) is 1.75. The summed E-state index contributed by atoms with van der Waals surface area (Å²) in [5.74, 6) is -0.0196. The third-order valence-corrected chi connectivity index (χ3v) is 2.74. The first kappa shape index (κ1) is 15.1. The minimum Gasteiger partial charge on any atom is -0.356 e. The van der Waals surface area contributed by atoms with E-state index in [9.17, 15) is 14.9 Å². The quantitative estimate of drug-likeness (QED) is 0.421. The Morgan fingerprint density at radius 3 is 2.74 bits per heavy atom. The number of nitrogens with one attached hydrogen (secondary N) is 2. The van der Waals surface area contributed by atoms with Crippen LogP contribution in [0.3, 0.4) is 0 Å². The molecule has 19 heavy (non-hydrogen) atoms. The van der Waals surface area contributed by atoms with E-state index in [1.807, 2.05) is 7.05 Å². The Morgan fingerprint density at radius 2 is 2.05 bits per heavy atom. The number of nitrogens with zero attached hydrogens (tertiary/aromatic N) is 1. The van der Waals surface area contributed by atoms with Gasteiger partial charge in [-0.25, -0.2) is 0 Å². The smallest absolute Gasteiger partial charge is 0.272 e. The highest BCUT2D eigenvalue weighted by Crippen LogP contribution is 2.17. The zero-order valence-corrected chi connectivity index (χ0v) is 11.0. The monoisotopic (exact) mass is 265 g/mol. The average molecular weight is 265 g/mol. The molecule has 6 heteroatoms. The summed E-state index contributed by atoms with van der Waals surface area (Å²) in [4.78, 5) is 21.9. The first-order valence-corrected chi connectivity index (χ1v) is 6.28. The Balaban J connectivity index is 2.37. The third kappa shape index (κ3) is 5.48. The molecule has 104 valence electrons. The van der Waals surface area contributed by atoms with Gasteiger partial charge in [-0.05, 0) is 26.4 Å². The highest BCUT2D eigenvalue weighted by atomic mass is 16.6. The average Bonchev–Trinajstić information content (AvgIpc) is 2.39. The molecule has 0 fully saturated rings. The van der Waals surface area contributed by atoms with E-state index in [2.05, 4.69) is 10.6 Å². The van der Waals surface area contributed by atoms with Crippen LogP contribution in [0.15, 0.2) is 24.3 Å². The summed E-state index contributed by atoms with van der Waals surface area (Å²) in [6, 6.07) is 6.59. The summed E-state index contributed by atoms with van der Waals surface area (Å²) in [6.07, 6.45) is 1.72. The van der Waals surface area contributed by atoms with Crippen LogP contribution in [0, 0.1) is 10.1 Å². The van der Waals surface area contributed by atoms with Gasteiger partial charge in [-0.2, -0.15) is 0 Å². The molecule has 0 aliphatic rings. The molecule has 0 radical (unpaired) electrons. The topological polar surface area (TPSA) is 84.3 Å². The number of hydrogen-bond donors (Lipinski definition) is 2. The summed E-state index contributed by atoms with van der Waals surface area (Å²) in [6.45, 7) is 1.22. The van der Waals surface area contributed by atoms with Gasteiger partial charge in [-0.3, -0.25) is 14.9 Å². The van der Waals surface area contributed by atoms with Crippen LogP contribution >= 0.6 is 0 Å². The van der Waals surface area contributed by atoms with Crippen molar-refractivity contribution in [2.24, 2.45) is 0 Å². The highest BCUT2D eigenvalue weighted by Gasteiger charge is 2.11. The van der Waals surface area contributed by atoms with E-state index in [4.69, 9.17) is 0 Å². The van der Waals surface area contributed by atoms with Crippen molar-refractivity contribution in [1.82, 2.24) is 10.6 Å². The lowest BCUT2D eigenvalue weighted by Crippen LogP contribution is -2.26. The van der Waals surface area contributed by atoms with Gasteiger partial charge < -0.3 is 10.6 Å². The molecule has 6 nitrogen and oxygen atoms in total. The van der Waals surface area contributed by atoms with E-state index in [1.54, 1.807) is 18.2 Å². The Kier molecular flexibility index (Phi) is 6.52. The number of carbonyl (C=O) groups excluding carboxylic acids is 1. The Hall–Kier alpha value is -1.95. The van der Waals surface area contributed by atoms with Gasteiger partial charge in [-0.1, -0.05) is 18.2 Å². The molecule has 1 aromatic rings. The summed E-state index contributed by atoms with van der Waals surface area (Å²) in [5, 5.41) is 16.5. The predicted octanol–water partition coefficient (Wildman–Crippen LogP) is 1.25. The molecule has 0 aliphatic carbocycles. The molecule has 1 amide bonds. The Labute approximate surface area is 112 Å². The number of para-hydroxylation sites is 1. The molecule has 0 aliphatic heterocycles. The molecule has 0 spiro atoms. The fourth-order valence-corrected chi connectivity index (χ4v) is 1.75. The van der Waals surface area contributed by atoms with Crippen LogP contribution in [0.25, 0.3) is 0 Å². The lowest BCUT2D eigenvalue weighted by molar-refractivity contribution is -0.385. The SMILES string of the molecule is CNCCCC(=O)NCCc1ccccc1[N+](=O)[O-]. The van der Waals surface area contributed by atoms with Crippen LogP contribution < -0.4 is 10.6 Å². The number of nitro groups is 1. The van der Waals surface area contributed by atoms with Gasteiger partial charge >= 0.3 is 0 Å². The van der Waals surface area contributed by atoms with E-state index in [0.29, 0.717) is 24.9 Å². The lowest BCUT2D eigenvalue weighted by Gasteiger charge is -2.05. The van der Waals surface area contributed by atoms with Gasteiger partial charge in [0.1, 0.15) is 0 Å². The molecule has 2 N–H and O–H groups in total. The number of amides is 1. The molecule has 0 saturated carbocycles. The Morgan fingerprint density at radius 1 is 1.32 bits per heavy atom. The van der Waals surface area contributed by atoms with Crippen LogP contribution in [0.2, 0.25) is 0 Å². The van der Waals surface area contributed by atoms with Crippen LogP contribution in [0.4, 0.5) is 5.69 Å². The van der Waals surface area contributed by atoms with E-state index >= 15 is 0 Å². The molecular formula is C13H19N3O3. The maximum atomic E-state index is 11.5. The van der Waals surface area contributed by atoms with Crippen LogP contribution in [0.5, 0.6) is 0 Å². The summed E-state index contributed by atoms with van der Waals surface area (Å²) < 4.78 is 0. The van der Waals surface area contributed by atoms with Crippen molar-refractivity contribution in [3.8, 4) is 0 Å². The third-order valence-electron chi connectivity index (χ3n) is 2.74. The van der Waals surface area contributed by atoms with Crippen molar-refractivity contribution in [2.45, 2.75) is 19.3 Å². The number of hydrogen-bond acceptors (Lipinski definition) is 4. The predicted molar refractivity (Wildman–Crippen MR) is 73.0 cm³/mol. The largest absolute Gasteiger partial charge is 0.356 e. The maximum Gasteiger partial charge on any atom is 0.272 e. The van der Waals surface area contributed by atoms with Crippen molar-refractivity contribution >= 4 is 11.6 Å². The van der Waals surface area contributed by atoms with Gasteiger partial charge in [0, 0.05) is 24.6 Å². The molecule has 1 rings (SSSR count). The van der Waals surface area contributed by atoms with Crippen molar-refractivity contribution in [3.05, 3.63) is 39.9 Å². The van der Waals surface area contributed by atoms with E-state index in [0.717, 1.165) is 13.0 Å². The zero-order chi connectivity index (χ0) is 14.1. The summed E-state index contributed by atoms with van der Waals surface area (Å²) in [7, 11) is 1.84. The minimum atomic E-state index is -0.399. The van der Waals surface area contributed by atoms with E-state index in [-0.39, 0.29) is 11.6 Å². The second kappa shape index (κ2) is 8.20. The highest BCUT2D eigenvalue weighted by molar-refractivity contribution is 5.75. The number of nitro benzene ring substituents is 1. The van der Waals surface area contributed by atoms with Gasteiger partial charge in [0.25, 0.3) is 5.69 Å². The number of carbonyl (C=O) groups is 1. The van der Waals surface area contributed by atoms with Crippen LogP contribution in [0.1, 0.15) is 18.4 Å². The maximum absolute atomic E-state index is 11.5. The lowest BCUT2D eigenvalue weighted by atomic mass is 10.1. The van der Waals surface area contributed by atoms with Gasteiger partial charge in [-0.15, -0.1) is 0 Å². The second-order valence-corrected chi connectivity index (χ2v) is 4.19. The molecule has 0 saturated heterocycles. The molecule has 0 bridgehead atoms. The standard InChI is InChI=1S/C13H19N3O3/c1-14-9-4-7-13(17)15-10-8-11-5-2-3-6-12(11)16(18)19/h2-3,5-6,14H,4,7-10H2,1H3,(H,15,17). The van der Waals surface area contributed by atoms with Gasteiger partial charge in [0.2, 0.25) is 5.91 Å². The molecule has 0 heterocycles. The molecule has 1 aromatic carbocycles. The van der Waals surface area contributed by atoms with Crippen molar-refractivity contribution in [2.75, 3.05) is 20.1 Å². The minimum absolute atomic E-state index is 0.0196. The van der Waals surface area contributed by atoms with E-state index < -0.39 is 4.92 Å². The first-order valence-electron chi connectivity index (χ1n) is 6.28. The second-order valence-electron chi connectivity index (χ2n) is 4.19. The molecule has 0 aromatic heterocycles. The van der Waals surface area contributed by atoms with Crippen molar-refractivity contribution in [3.63, 3.8) is 0 Å². The van der Waals surface area contributed by atoms with Crippen LogP contribution in [-0.2, 0) is 11.2 Å². The van der Waals surface area contributed by atoms with Crippen molar-refractivity contribution < 1.29 is 9.72 Å². The summed E-state index contributed by atoms with van der Waals surface area (Å²) in [5.41, 5.74) is 0.745. The Bertz CT molecular complexity index is 435. The van der Waals surface area contributed by atoms with Gasteiger partial charge in [0.05, 0.1) is 4.92 Å². The normalized spacial score (nSPS) is 10.2. The first-order chi connectivity index (χ1) is 9.15. The zero-order valence-electron chi connectivity index (χ0n) is 11.0. The summed E-state index contributed by atoms with van der Waals surface area (Å²) >= 11 is 0. The molecular weight excluding hydrogens is 246 g/mol.